The van der Waals surface area contributed by atoms with E-state index in [4.69, 9.17) is 4.74 Å². The molecular weight excluding hydrogens is 148 g/mol. The van der Waals surface area contributed by atoms with Gasteiger partial charge in [0.1, 0.15) is 0 Å². The minimum Gasteiger partial charge on any atom is -0.501 e. The van der Waals surface area contributed by atoms with Gasteiger partial charge < -0.3 is 4.74 Å². The van der Waals surface area contributed by atoms with Gasteiger partial charge in [0.05, 0.1) is 12.9 Å². The molecule has 1 fully saturated rings. The summed E-state index contributed by atoms with van der Waals surface area (Å²) in [4.78, 5) is 0. The van der Waals surface area contributed by atoms with Crippen molar-refractivity contribution in [3.05, 3.63) is 11.8 Å². The summed E-state index contributed by atoms with van der Waals surface area (Å²) < 4.78 is 5.45. The molecule has 1 rings (SSSR count). The molecule has 0 aliphatic heterocycles. The van der Waals surface area contributed by atoms with Crippen LogP contribution in [0.3, 0.4) is 0 Å². The minimum atomic E-state index is 0.903. The lowest BCUT2D eigenvalue weighted by molar-refractivity contribution is 0.238. The fourth-order valence-corrected chi connectivity index (χ4v) is 1.53. The fraction of sp³-hybridized carbons (Fsp3) is 0.818. The predicted octanol–water partition coefficient (Wildman–Crippen LogP) is 3.65. The third-order valence-corrected chi connectivity index (χ3v) is 2.36. The molecule has 1 heteroatoms. The maximum absolute atomic E-state index is 5.45. The van der Waals surface area contributed by atoms with Crippen LogP contribution in [-0.2, 0) is 4.74 Å². The highest BCUT2D eigenvalue weighted by Crippen LogP contribution is 2.22. The Morgan fingerprint density at radius 1 is 1.25 bits per heavy atom. The quantitative estimate of drug-likeness (QED) is 0.460. The van der Waals surface area contributed by atoms with Gasteiger partial charge in [0, 0.05) is 0 Å². The van der Waals surface area contributed by atoms with Crippen molar-refractivity contribution < 1.29 is 4.74 Å². The zero-order valence-corrected chi connectivity index (χ0v) is 8.14. The molecule has 0 unspecified atom stereocenters. The molecule has 1 nitrogen and oxygen atoms in total. The summed E-state index contributed by atoms with van der Waals surface area (Å²) in [6, 6.07) is 0. The largest absolute Gasteiger partial charge is 0.501 e. The molecule has 0 atom stereocenters. The summed E-state index contributed by atoms with van der Waals surface area (Å²) in [6.07, 6.45) is 11.1. The second-order valence-corrected chi connectivity index (χ2v) is 3.56. The summed E-state index contributed by atoms with van der Waals surface area (Å²) in [6.45, 7) is 3.09. The van der Waals surface area contributed by atoms with Gasteiger partial charge in [0.25, 0.3) is 0 Å². The average molecular weight is 168 g/mol. The van der Waals surface area contributed by atoms with Crippen molar-refractivity contribution >= 4 is 0 Å². The lowest BCUT2D eigenvalue weighted by Crippen LogP contribution is -1.95. The maximum Gasteiger partial charge on any atom is 0.0873 e. The average Bonchev–Trinajstić information content (AvgIpc) is 2.14. The van der Waals surface area contributed by atoms with Gasteiger partial charge in [-0.3, -0.25) is 0 Å². The Labute approximate surface area is 75.8 Å². The topological polar surface area (TPSA) is 9.23 Å². The second-order valence-electron chi connectivity index (χ2n) is 3.56. The lowest BCUT2D eigenvalue weighted by atomic mass is 9.96. The summed E-state index contributed by atoms with van der Waals surface area (Å²) in [5, 5.41) is 0. The molecule has 1 aliphatic rings. The number of ether oxygens (including phenoxy) is 1. The maximum atomic E-state index is 5.45. The molecule has 0 aromatic carbocycles. The SMILES string of the molecule is CCCCOC=C1CCCCC1. The first-order chi connectivity index (χ1) is 5.93. The van der Waals surface area contributed by atoms with Gasteiger partial charge in [-0.15, -0.1) is 0 Å². The Balaban J connectivity index is 2.08. The number of rotatable bonds is 4. The van der Waals surface area contributed by atoms with Gasteiger partial charge in [-0.2, -0.15) is 0 Å². The van der Waals surface area contributed by atoms with Gasteiger partial charge in [0.2, 0.25) is 0 Å². The third-order valence-electron chi connectivity index (χ3n) is 2.36. The first-order valence-corrected chi connectivity index (χ1v) is 5.23. The molecule has 0 amide bonds. The van der Waals surface area contributed by atoms with Crippen LogP contribution >= 0.6 is 0 Å². The molecule has 0 aromatic rings. The van der Waals surface area contributed by atoms with Gasteiger partial charge in [-0.05, 0) is 37.7 Å². The standard InChI is InChI=1S/C11H20O/c1-2-3-9-12-10-11-7-5-4-6-8-11/h10H,2-9H2,1H3. The molecular formula is C11H20O. The van der Waals surface area contributed by atoms with E-state index in [2.05, 4.69) is 6.92 Å². The molecule has 12 heavy (non-hydrogen) atoms. The van der Waals surface area contributed by atoms with Gasteiger partial charge in [0.15, 0.2) is 0 Å². The summed E-state index contributed by atoms with van der Waals surface area (Å²) in [7, 11) is 0. The third kappa shape index (κ3) is 3.80. The molecule has 1 aliphatic carbocycles. The van der Waals surface area contributed by atoms with Gasteiger partial charge in [-0.1, -0.05) is 19.8 Å². The van der Waals surface area contributed by atoms with Crippen LogP contribution in [-0.4, -0.2) is 6.61 Å². The first-order valence-electron chi connectivity index (χ1n) is 5.23. The summed E-state index contributed by atoms with van der Waals surface area (Å²) in [5.41, 5.74) is 1.53. The molecule has 0 spiro atoms. The molecule has 0 aromatic heterocycles. The van der Waals surface area contributed by atoms with E-state index in [0.717, 1.165) is 6.61 Å². The second kappa shape index (κ2) is 6.10. The number of unbranched alkanes of at least 4 members (excludes halogenated alkanes) is 1. The van der Waals surface area contributed by atoms with Crippen molar-refractivity contribution in [1.29, 1.82) is 0 Å². The van der Waals surface area contributed by atoms with E-state index < -0.39 is 0 Å². The van der Waals surface area contributed by atoms with Crippen LogP contribution < -0.4 is 0 Å². The summed E-state index contributed by atoms with van der Waals surface area (Å²) >= 11 is 0. The van der Waals surface area contributed by atoms with Crippen LogP contribution in [0.1, 0.15) is 51.9 Å². The van der Waals surface area contributed by atoms with E-state index >= 15 is 0 Å². The number of hydrogen-bond acceptors (Lipinski definition) is 1. The van der Waals surface area contributed by atoms with E-state index in [1.165, 1.54) is 50.5 Å². The first kappa shape index (κ1) is 9.63. The number of allylic oxidation sites excluding steroid dienone is 1. The Kier molecular flexibility index (Phi) is 4.89. The lowest BCUT2D eigenvalue weighted by Gasteiger charge is -2.13. The van der Waals surface area contributed by atoms with Crippen LogP contribution in [0, 0.1) is 0 Å². The van der Waals surface area contributed by atoms with Crippen LogP contribution in [0.25, 0.3) is 0 Å². The Hall–Kier alpha value is -0.460. The van der Waals surface area contributed by atoms with E-state index in [1.807, 2.05) is 6.26 Å². The molecule has 0 heterocycles. The zero-order chi connectivity index (χ0) is 8.65. The van der Waals surface area contributed by atoms with Crippen LogP contribution in [0.2, 0.25) is 0 Å². The summed E-state index contributed by atoms with van der Waals surface area (Å²) in [5.74, 6) is 0. The van der Waals surface area contributed by atoms with E-state index in [9.17, 15) is 0 Å². The van der Waals surface area contributed by atoms with Crippen LogP contribution in [0.15, 0.2) is 11.8 Å². The molecule has 0 saturated heterocycles. The zero-order valence-electron chi connectivity index (χ0n) is 8.14. The number of hydrogen-bond donors (Lipinski definition) is 0. The molecule has 0 bridgehead atoms. The van der Waals surface area contributed by atoms with Gasteiger partial charge in [-0.25, -0.2) is 0 Å². The van der Waals surface area contributed by atoms with E-state index in [1.54, 1.807) is 0 Å². The van der Waals surface area contributed by atoms with Crippen LogP contribution in [0.4, 0.5) is 0 Å². The molecule has 0 radical (unpaired) electrons. The van der Waals surface area contributed by atoms with Crippen molar-refractivity contribution in [2.75, 3.05) is 6.61 Å². The highest BCUT2D eigenvalue weighted by Gasteiger charge is 2.04. The fourth-order valence-electron chi connectivity index (χ4n) is 1.53. The van der Waals surface area contributed by atoms with Crippen molar-refractivity contribution in [3.8, 4) is 0 Å². The Bertz CT molecular complexity index is 130. The monoisotopic (exact) mass is 168 g/mol. The predicted molar refractivity (Wildman–Crippen MR) is 52.0 cm³/mol. The normalized spacial score (nSPS) is 17.6. The van der Waals surface area contributed by atoms with Gasteiger partial charge >= 0.3 is 0 Å². The van der Waals surface area contributed by atoms with Crippen LogP contribution in [0.5, 0.6) is 0 Å². The Morgan fingerprint density at radius 3 is 2.67 bits per heavy atom. The van der Waals surface area contributed by atoms with Crippen molar-refractivity contribution in [2.45, 2.75) is 51.9 Å². The highest BCUT2D eigenvalue weighted by atomic mass is 16.5. The van der Waals surface area contributed by atoms with Crippen molar-refractivity contribution in [1.82, 2.24) is 0 Å². The van der Waals surface area contributed by atoms with Crippen molar-refractivity contribution in [3.63, 3.8) is 0 Å². The Morgan fingerprint density at radius 2 is 2.00 bits per heavy atom. The molecule has 0 N–H and O–H groups in total. The molecule has 70 valence electrons. The van der Waals surface area contributed by atoms with E-state index in [-0.39, 0.29) is 0 Å². The minimum absolute atomic E-state index is 0.903. The smallest absolute Gasteiger partial charge is 0.0873 e. The highest BCUT2D eigenvalue weighted by molar-refractivity contribution is 5.00. The van der Waals surface area contributed by atoms with E-state index in [0.29, 0.717) is 0 Å². The molecule has 1 saturated carbocycles. The van der Waals surface area contributed by atoms with Crippen molar-refractivity contribution in [2.24, 2.45) is 0 Å².